The van der Waals surface area contributed by atoms with Crippen molar-refractivity contribution in [3.63, 3.8) is 0 Å². The van der Waals surface area contributed by atoms with Gasteiger partial charge < -0.3 is 0 Å². The first kappa shape index (κ1) is 10.7. The maximum atomic E-state index is 4.23. The summed E-state index contributed by atoms with van der Waals surface area (Å²) in [5, 5.41) is 8.40. The molecule has 0 aliphatic heterocycles. The van der Waals surface area contributed by atoms with Crippen LogP contribution in [-0.2, 0) is 0 Å². The Hall–Kier alpha value is -1.43. The van der Waals surface area contributed by atoms with Crippen LogP contribution >= 0.6 is 22.6 Å². The molecule has 17 heavy (non-hydrogen) atoms. The zero-order valence-electron chi connectivity index (χ0n) is 8.99. The van der Waals surface area contributed by atoms with Gasteiger partial charge in [-0.15, -0.1) is 5.10 Å². The van der Waals surface area contributed by atoms with E-state index < -0.39 is 0 Å². The normalized spacial score (nSPS) is 12.8. The lowest BCUT2D eigenvalue weighted by Gasteiger charge is -2.10. The molecule has 4 heteroatoms. The van der Waals surface area contributed by atoms with Crippen molar-refractivity contribution < 1.29 is 0 Å². The first-order valence-electron chi connectivity index (χ1n) is 5.35. The number of rotatable bonds is 2. The number of alkyl halides is 1. The summed E-state index contributed by atoms with van der Waals surface area (Å²) < 4.78 is 2.12. The molecule has 0 N–H and O–H groups in total. The number of para-hydroxylation sites is 1. The predicted octanol–water partition coefficient (Wildman–Crippen LogP) is 3.41. The molecule has 84 valence electrons. The highest BCUT2D eigenvalue weighted by atomic mass is 127. The van der Waals surface area contributed by atoms with Crippen molar-refractivity contribution >= 4 is 33.6 Å². The van der Waals surface area contributed by atoms with Crippen LogP contribution in [0.15, 0.2) is 54.6 Å². The Labute approximate surface area is 113 Å². The summed E-state index contributed by atoms with van der Waals surface area (Å²) in [6, 6.07) is 18.3. The van der Waals surface area contributed by atoms with E-state index in [1.807, 2.05) is 47.1 Å². The van der Waals surface area contributed by atoms with Crippen molar-refractivity contribution in [2.45, 2.75) is 4.05 Å². The Balaban J connectivity index is 2.10. The van der Waals surface area contributed by atoms with Gasteiger partial charge in [-0.1, -0.05) is 70.3 Å². The third-order valence-electron chi connectivity index (χ3n) is 2.67. The molecule has 0 spiro atoms. The fourth-order valence-corrected chi connectivity index (χ4v) is 2.63. The highest BCUT2D eigenvalue weighted by Crippen LogP contribution is 2.27. The van der Waals surface area contributed by atoms with Crippen LogP contribution in [0.5, 0.6) is 0 Å². The molecule has 1 atom stereocenters. The maximum Gasteiger partial charge on any atom is 0.130 e. The quantitative estimate of drug-likeness (QED) is 0.531. The van der Waals surface area contributed by atoms with Gasteiger partial charge >= 0.3 is 0 Å². The molecule has 0 amide bonds. The Morgan fingerprint density at radius 1 is 0.941 bits per heavy atom. The van der Waals surface area contributed by atoms with Crippen LogP contribution in [0.2, 0.25) is 0 Å². The van der Waals surface area contributed by atoms with E-state index in [-0.39, 0.29) is 4.05 Å². The van der Waals surface area contributed by atoms with Crippen LogP contribution in [-0.4, -0.2) is 15.0 Å². The van der Waals surface area contributed by atoms with Gasteiger partial charge in [0.1, 0.15) is 9.57 Å². The molecule has 0 saturated carbocycles. The second-order valence-electron chi connectivity index (χ2n) is 3.77. The number of hydrogen-bond donors (Lipinski definition) is 0. The number of hydrogen-bond acceptors (Lipinski definition) is 2. The summed E-state index contributed by atoms with van der Waals surface area (Å²) in [4.78, 5) is 0. The van der Waals surface area contributed by atoms with Gasteiger partial charge in [0, 0.05) is 0 Å². The molecular formula is C13H10IN3. The Morgan fingerprint density at radius 3 is 2.47 bits per heavy atom. The van der Waals surface area contributed by atoms with Crippen LogP contribution in [0.1, 0.15) is 9.61 Å². The second kappa shape index (κ2) is 4.44. The molecule has 0 bridgehead atoms. The number of benzene rings is 2. The lowest BCUT2D eigenvalue weighted by Crippen LogP contribution is -2.05. The Bertz CT molecular complexity index is 633. The molecule has 1 aromatic heterocycles. The lowest BCUT2D eigenvalue weighted by molar-refractivity contribution is 0.674. The number of fused-ring (bicyclic) bond motifs is 1. The number of nitrogens with zero attached hydrogens (tertiary/aromatic N) is 3. The summed E-state index contributed by atoms with van der Waals surface area (Å²) in [6.07, 6.45) is 0. The molecule has 3 aromatic rings. The third kappa shape index (κ3) is 1.93. The van der Waals surface area contributed by atoms with Crippen molar-refractivity contribution in [1.82, 2.24) is 15.0 Å². The molecule has 3 rings (SSSR count). The van der Waals surface area contributed by atoms with Crippen LogP contribution < -0.4 is 0 Å². The van der Waals surface area contributed by atoms with Gasteiger partial charge in [-0.05, 0) is 17.7 Å². The summed E-state index contributed by atoms with van der Waals surface area (Å²) in [7, 11) is 0. The minimum atomic E-state index is 0.168. The van der Waals surface area contributed by atoms with Gasteiger partial charge in [-0.3, -0.25) is 0 Å². The van der Waals surface area contributed by atoms with E-state index in [1.54, 1.807) is 0 Å². The predicted molar refractivity (Wildman–Crippen MR) is 76.1 cm³/mol. The van der Waals surface area contributed by atoms with Gasteiger partial charge in [-0.25, -0.2) is 4.68 Å². The number of aromatic nitrogens is 3. The molecule has 0 aliphatic rings. The molecule has 3 nitrogen and oxygen atoms in total. The fraction of sp³-hybridized carbons (Fsp3) is 0.0769. The summed E-state index contributed by atoms with van der Waals surface area (Å²) in [5.41, 5.74) is 3.23. The van der Waals surface area contributed by atoms with Crippen molar-refractivity contribution in [2.75, 3.05) is 0 Å². The largest absolute Gasteiger partial charge is 0.227 e. The highest BCUT2D eigenvalue weighted by molar-refractivity contribution is 14.1. The summed E-state index contributed by atoms with van der Waals surface area (Å²) >= 11 is 2.38. The Morgan fingerprint density at radius 2 is 1.65 bits per heavy atom. The van der Waals surface area contributed by atoms with Crippen LogP contribution in [0.25, 0.3) is 11.0 Å². The molecule has 1 heterocycles. The van der Waals surface area contributed by atoms with Crippen molar-refractivity contribution in [2.24, 2.45) is 0 Å². The third-order valence-corrected chi connectivity index (χ3v) is 3.91. The van der Waals surface area contributed by atoms with Gasteiger partial charge in [0.25, 0.3) is 0 Å². The Kier molecular flexibility index (Phi) is 2.80. The average Bonchev–Trinajstić information content (AvgIpc) is 2.83. The van der Waals surface area contributed by atoms with Crippen LogP contribution in [0.3, 0.4) is 0 Å². The van der Waals surface area contributed by atoms with E-state index in [0.717, 1.165) is 11.0 Å². The number of halogens is 1. The first-order valence-corrected chi connectivity index (χ1v) is 6.60. The molecule has 0 radical (unpaired) electrons. The minimum Gasteiger partial charge on any atom is -0.227 e. The van der Waals surface area contributed by atoms with Gasteiger partial charge in [-0.2, -0.15) is 0 Å². The van der Waals surface area contributed by atoms with E-state index in [9.17, 15) is 0 Å². The highest BCUT2D eigenvalue weighted by Gasteiger charge is 2.13. The van der Waals surface area contributed by atoms with Gasteiger partial charge in [0.05, 0.1) is 5.52 Å². The van der Waals surface area contributed by atoms with Gasteiger partial charge in [0.15, 0.2) is 0 Å². The van der Waals surface area contributed by atoms with Crippen molar-refractivity contribution in [1.29, 1.82) is 0 Å². The zero-order chi connectivity index (χ0) is 11.7. The fourth-order valence-electron chi connectivity index (χ4n) is 1.81. The second-order valence-corrected chi connectivity index (χ2v) is 4.95. The molecule has 0 aliphatic carbocycles. The standard InChI is InChI=1S/C13H10IN3/c14-13(10-6-2-1-3-7-10)17-12-9-5-4-8-11(12)15-16-17/h1-9,13H. The summed E-state index contributed by atoms with van der Waals surface area (Å²) in [6.45, 7) is 0. The maximum absolute atomic E-state index is 4.23. The van der Waals surface area contributed by atoms with Crippen molar-refractivity contribution in [3.05, 3.63) is 60.2 Å². The first-order chi connectivity index (χ1) is 8.36. The van der Waals surface area contributed by atoms with E-state index in [4.69, 9.17) is 0 Å². The SMILES string of the molecule is IC(c1ccccc1)n1nnc2ccccc21. The summed E-state index contributed by atoms with van der Waals surface area (Å²) in [5.74, 6) is 0. The lowest BCUT2D eigenvalue weighted by atomic mass is 10.2. The van der Waals surface area contributed by atoms with Crippen molar-refractivity contribution in [3.8, 4) is 0 Å². The average molecular weight is 335 g/mol. The molecular weight excluding hydrogens is 325 g/mol. The molecule has 0 fully saturated rings. The monoisotopic (exact) mass is 335 g/mol. The molecule has 0 saturated heterocycles. The van der Waals surface area contributed by atoms with E-state index in [0.29, 0.717) is 0 Å². The van der Waals surface area contributed by atoms with E-state index in [1.165, 1.54) is 5.56 Å². The van der Waals surface area contributed by atoms with Crippen LogP contribution in [0, 0.1) is 0 Å². The minimum absolute atomic E-state index is 0.168. The molecule has 1 unspecified atom stereocenters. The van der Waals surface area contributed by atoms with E-state index >= 15 is 0 Å². The van der Waals surface area contributed by atoms with E-state index in [2.05, 4.69) is 45.0 Å². The molecule has 2 aromatic carbocycles. The van der Waals surface area contributed by atoms with Gasteiger partial charge in [0.2, 0.25) is 0 Å². The smallest absolute Gasteiger partial charge is 0.130 e. The topological polar surface area (TPSA) is 30.7 Å². The van der Waals surface area contributed by atoms with Crippen LogP contribution in [0.4, 0.5) is 0 Å². The zero-order valence-corrected chi connectivity index (χ0v) is 11.2.